The van der Waals surface area contributed by atoms with Gasteiger partial charge in [0.25, 0.3) is 0 Å². The number of furan rings is 1. The normalized spacial score (nSPS) is 20.7. The molecule has 1 aliphatic carbocycles. The largest absolute Gasteiger partial charge is 0.469 e. The van der Waals surface area contributed by atoms with Crippen LogP contribution in [0.15, 0.2) is 16.7 Å². The van der Waals surface area contributed by atoms with E-state index >= 15 is 0 Å². The van der Waals surface area contributed by atoms with Crippen molar-refractivity contribution in [1.29, 1.82) is 0 Å². The van der Waals surface area contributed by atoms with Gasteiger partial charge in [-0.15, -0.1) is 0 Å². The molecule has 2 atom stereocenters. The fourth-order valence-electron chi connectivity index (χ4n) is 2.35. The standard InChI is InChI=1S/C13H20N2O2/c1-9(8-14-2)13(16)15-11-4-3-5-12-10(11)6-7-17-12/h6-7,9,11,14H,3-5,8H2,1-2H3,(H,15,16). The summed E-state index contributed by atoms with van der Waals surface area (Å²) in [6.07, 6.45) is 4.78. The summed E-state index contributed by atoms with van der Waals surface area (Å²) in [6.45, 7) is 2.64. The molecule has 94 valence electrons. The van der Waals surface area contributed by atoms with E-state index in [9.17, 15) is 4.79 Å². The molecule has 2 N–H and O–H groups in total. The van der Waals surface area contributed by atoms with Crippen molar-refractivity contribution in [2.75, 3.05) is 13.6 Å². The smallest absolute Gasteiger partial charge is 0.224 e. The molecule has 0 aliphatic heterocycles. The molecule has 1 aromatic heterocycles. The molecule has 4 heteroatoms. The first-order valence-corrected chi connectivity index (χ1v) is 6.23. The molecule has 1 aliphatic rings. The highest BCUT2D eigenvalue weighted by Crippen LogP contribution is 2.30. The van der Waals surface area contributed by atoms with Crippen molar-refractivity contribution >= 4 is 5.91 Å². The highest BCUT2D eigenvalue weighted by molar-refractivity contribution is 5.79. The van der Waals surface area contributed by atoms with Crippen molar-refractivity contribution in [3.8, 4) is 0 Å². The molecule has 0 fully saturated rings. The molecule has 4 nitrogen and oxygen atoms in total. The molecule has 2 unspecified atom stereocenters. The SMILES string of the molecule is CNCC(C)C(=O)NC1CCCc2occc21. The third-order valence-corrected chi connectivity index (χ3v) is 3.33. The van der Waals surface area contributed by atoms with Crippen LogP contribution in [0.3, 0.4) is 0 Å². The highest BCUT2D eigenvalue weighted by Gasteiger charge is 2.25. The maximum Gasteiger partial charge on any atom is 0.224 e. The summed E-state index contributed by atoms with van der Waals surface area (Å²) >= 11 is 0. The van der Waals surface area contributed by atoms with E-state index in [2.05, 4.69) is 10.6 Å². The van der Waals surface area contributed by atoms with Crippen molar-refractivity contribution < 1.29 is 9.21 Å². The first-order chi connectivity index (χ1) is 8.22. The Hall–Kier alpha value is -1.29. The molecule has 0 aromatic carbocycles. The lowest BCUT2D eigenvalue weighted by atomic mass is 9.93. The van der Waals surface area contributed by atoms with E-state index in [0.717, 1.165) is 30.6 Å². The lowest BCUT2D eigenvalue weighted by Crippen LogP contribution is -2.37. The summed E-state index contributed by atoms with van der Waals surface area (Å²) < 4.78 is 5.41. The zero-order chi connectivity index (χ0) is 12.3. The number of rotatable bonds is 4. The summed E-state index contributed by atoms with van der Waals surface area (Å²) in [5.41, 5.74) is 1.15. The zero-order valence-electron chi connectivity index (χ0n) is 10.5. The van der Waals surface area contributed by atoms with Crippen molar-refractivity contribution in [3.63, 3.8) is 0 Å². The van der Waals surface area contributed by atoms with E-state index in [0.29, 0.717) is 6.54 Å². The minimum absolute atomic E-state index is 0.00252. The number of hydrogen-bond acceptors (Lipinski definition) is 3. The fraction of sp³-hybridized carbons (Fsp3) is 0.615. The van der Waals surface area contributed by atoms with Crippen molar-refractivity contribution in [3.05, 3.63) is 23.7 Å². The topological polar surface area (TPSA) is 54.3 Å². The predicted octanol–water partition coefficient (Wildman–Crippen LogP) is 1.63. The van der Waals surface area contributed by atoms with Crippen LogP contribution in [0.2, 0.25) is 0 Å². The molecular weight excluding hydrogens is 216 g/mol. The number of nitrogens with one attached hydrogen (secondary N) is 2. The molecule has 0 spiro atoms. The van der Waals surface area contributed by atoms with E-state index in [1.165, 1.54) is 0 Å². The van der Waals surface area contributed by atoms with E-state index in [-0.39, 0.29) is 17.9 Å². The van der Waals surface area contributed by atoms with Gasteiger partial charge in [-0.05, 0) is 26.0 Å². The Kier molecular flexibility index (Phi) is 3.84. The van der Waals surface area contributed by atoms with Crippen LogP contribution in [0.25, 0.3) is 0 Å². The lowest BCUT2D eigenvalue weighted by molar-refractivity contribution is -0.125. The van der Waals surface area contributed by atoms with Crippen LogP contribution in [0.1, 0.15) is 37.1 Å². The summed E-state index contributed by atoms with van der Waals surface area (Å²) in [5.74, 6) is 1.14. The van der Waals surface area contributed by atoms with Crippen LogP contribution in [0.5, 0.6) is 0 Å². The average molecular weight is 236 g/mol. The van der Waals surface area contributed by atoms with Crippen molar-refractivity contribution in [2.24, 2.45) is 5.92 Å². The molecule has 1 aromatic rings. The van der Waals surface area contributed by atoms with Gasteiger partial charge in [0.2, 0.25) is 5.91 Å². The Morgan fingerprint density at radius 2 is 2.47 bits per heavy atom. The first kappa shape index (κ1) is 12.2. The molecule has 2 rings (SSSR count). The number of carbonyl (C=O) groups is 1. The number of amides is 1. The van der Waals surface area contributed by atoms with E-state index < -0.39 is 0 Å². The fourth-order valence-corrected chi connectivity index (χ4v) is 2.35. The quantitative estimate of drug-likeness (QED) is 0.835. The van der Waals surface area contributed by atoms with Gasteiger partial charge >= 0.3 is 0 Å². The van der Waals surface area contributed by atoms with Crippen LogP contribution >= 0.6 is 0 Å². The third kappa shape index (κ3) is 2.69. The second kappa shape index (κ2) is 5.36. The maximum atomic E-state index is 12.0. The van der Waals surface area contributed by atoms with Crippen LogP contribution in [-0.2, 0) is 11.2 Å². The van der Waals surface area contributed by atoms with Gasteiger partial charge in [0.1, 0.15) is 5.76 Å². The van der Waals surface area contributed by atoms with Gasteiger partial charge < -0.3 is 15.1 Å². The zero-order valence-corrected chi connectivity index (χ0v) is 10.5. The van der Waals surface area contributed by atoms with Gasteiger partial charge in [-0.2, -0.15) is 0 Å². The molecular formula is C13H20N2O2. The van der Waals surface area contributed by atoms with E-state index in [4.69, 9.17) is 4.42 Å². The second-order valence-electron chi connectivity index (χ2n) is 4.71. The average Bonchev–Trinajstić information content (AvgIpc) is 2.78. The first-order valence-electron chi connectivity index (χ1n) is 6.23. The maximum absolute atomic E-state index is 12.0. The molecule has 17 heavy (non-hydrogen) atoms. The van der Waals surface area contributed by atoms with Crippen LogP contribution in [-0.4, -0.2) is 19.5 Å². The van der Waals surface area contributed by atoms with Gasteiger partial charge in [0, 0.05) is 24.4 Å². The Morgan fingerprint density at radius 1 is 1.65 bits per heavy atom. The van der Waals surface area contributed by atoms with Gasteiger partial charge in [-0.1, -0.05) is 6.92 Å². The number of fused-ring (bicyclic) bond motifs is 1. The highest BCUT2D eigenvalue weighted by atomic mass is 16.3. The van der Waals surface area contributed by atoms with Crippen LogP contribution in [0, 0.1) is 5.92 Å². The van der Waals surface area contributed by atoms with Crippen LogP contribution < -0.4 is 10.6 Å². The van der Waals surface area contributed by atoms with E-state index in [1.54, 1.807) is 6.26 Å². The Bertz CT molecular complexity index is 387. The lowest BCUT2D eigenvalue weighted by Gasteiger charge is -2.24. The Morgan fingerprint density at radius 3 is 3.24 bits per heavy atom. The van der Waals surface area contributed by atoms with E-state index in [1.807, 2.05) is 20.0 Å². The Balaban J connectivity index is 1.99. The van der Waals surface area contributed by atoms with Crippen LogP contribution in [0.4, 0.5) is 0 Å². The number of aryl methyl sites for hydroxylation is 1. The molecule has 0 saturated heterocycles. The second-order valence-corrected chi connectivity index (χ2v) is 4.71. The molecule has 0 saturated carbocycles. The minimum atomic E-state index is -0.00252. The third-order valence-electron chi connectivity index (χ3n) is 3.33. The molecule has 0 bridgehead atoms. The number of hydrogen-bond donors (Lipinski definition) is 2. The summed E-state index contributed by atoms with van der Waals surface area (Å²) in [6, 6.07) is 2.10. The molecule has 0 radical (unpaired) electrons. The molecule has 1 heterocycles. The van der Waals surface area contributed by atoms with Gasteiger partial charge in [0.15, 0.2) is 0 Å². The van der Waals surface area contributed by atoms with Crippen molar-refractivity contribution in [1.82, 2.24) is 10.6 Å². The summed E-state index contributed by atoms with van der Waals surface area (Å²) in [4.78, 5) is 12.0. The minimum Gasteiger partial charge on any atom is -0.469 e. The van der Waals surface area contributed by atoms with Gasteiger partial charge in [-0.25, -0.2) is 0 Å². The number of carbonyl (C=O) groups excluding carboxylic acids is 1. The monoisotopic (exact) mass is 236 g/mol. The summed E-state index contributed by atoms with van der Waals surface area (Å²) in [7, 11) is 1.86. The Labute approximate surface area is 102 Å². The summed E-state index contributed by atoms with van der Waals surface area (Å²) in [5, 5.41) is 6.13. The van der Waals surface area contributed by atoms with Crippen molar-refractivity contribution in [2.45, 2.75) is 32.2 Å². The molecule has 1 amide bonds. The van der Waals surface area contributed by atoms with Gasteiger partial charge in [0.05, 0.1) is 12.3 Å². The van der Waals surface area contributed by atoms with Gasteiger partial charge in [-0.3, -0.25) is 4.79 Å². The predicted molar refractivity (Wildman–Crippen MR) is 65.6 cm³/mol.